The Labute approximate surface area is 205 Å². The van der Waals surface area contributed by atoms with E-state index in [1.807, 2.05) is 42.5 Å². The Morgan fingerprint density at radius 3 is 2.32 bits per heavy atom. The van der Waals surface area contributed by atoms with Gasteiger partial charge in [-0.05, 0) is 73.2 Å². The maximum Gasteiger partial charge on any atom is 0.411 e. The van der Waals surface area contributed by atoms with E-state index in [0.717, 1.165) is 37.2 Å². The molecule has 0 bridgehead atoms. The highest BCUT2D eigenvalue weighted by molar-refractivity contribution is 6.30. The lowest BCUT2D eigenvalue weighted by atomic mass is 9.95. The van der Waals surface area contributed by atoms with Gasteiger partial charge >= 0.3 is 6.09 Å². The first kappa shape index (κ1) is 23.8. The van der Waals surface area contributed by atoms with Gasteiger partial charge in [-0.25, -0.2) is 4.79 Å². The molecule has 0 unspecified atom stereocenters. The molecule has 5 nitrogen and oxygen atoms in total. The zero-order chi connectivity index (χ0) is 24.1. The average Bonchev–Trinajstić information content (AvgIpc) is 2.85. The molecule has 4 rings (SSSR count). The Morgan fingerprint density at radius 2 is 1.68 bits per heavy atom. The third-order valence-electron chi connectivity index (χ3n) is 6.46. The number of benzene rings is 3. The topological polar surface area (TPSA) is 60.9 Å². The van der Waals surface area contributed by atoms with Gasteiger partial charge in [-0.1, -0.05) is 48.9 Å². The van der Waals surface area contributed by atoms with Gasteiger partial charge in [-0.2, -0.15) is 0 Å². The Morgan fingerprint density at radius 1 is 1.00 bits per heavy atom. The van der Waals surface area contributed by atoms with Crippen molar-refractivity contribution in [3.8, 4) is 0 Å². The monoisotopic (exact) mass is 476 g/mol. The van der Waals surface area contributed by atoms with Gasteiger partial charge in [-0.15, -0.1) is 0 Å². The van der Waals surface area contributed by atoms with Crippen molar-refractivity contribution in [3.63, 3.8) is 0 Å². The molecule has 1 saturated heterocycles. The molecule has 176 valence electrons. The summed E-state index contributed by atoms with van der Waals surface area (Å²) < 4.78 is 0. The molecule has 0 aromatic heterocycles. The number of amides is 1. The lowest BCUT2D eigenvalue weighted by Crippen LogP contribution is -2.34. The largest absolute Gasteiger partial charge is 0.465 e. The normalized spacial score (nSPS) is 14.1. The van der Waals surface area contributed by atoms with Gasteiger partial charge in [0, 0.05) is 47.2 Å². The highest BCUT2D eigenvalue weighted by atomic mass is 35.5. The number of rotatable bonds is 7. The molecule has 1 aliphatic rings. The van der Waals surface area contributed by atoms with Gasteiger partial charge in [0.2, 0.25) is 0 Å². The minimum Gasteiger partial charge on any atom is -0.465 e. The molecule has 3 aromatic rings. The maximum absolute atomic E-state index is 13.6. The summed E-state index contributed by atoms with van der Waals surface area (Å²) in [5.74, 6) is 0.520. The summed E-state index contributed by atoms with van der Waals surface area (Å²) >= 11 is 6.02. The fraction of sp³-hybridized carbons (Fsp3) is 0.286. The first-order valence-electron chi connectivity index (χ1n) is 11.7. The van der Waals surface area contributed by atoms with Crippen LogP contribution in [0.15, 0.2) is 72.8 Å². The second kappa shape index (κ2) is 10.7. The zero-order valence-electron chi connectivity index (χ0n) is 19.3. The zero-order valence-corrected chi connectivity index (χ0v) is 20.0. The van der Waals surface area contributed by atoms with E-state index in [2.05, 4.69) is 11.8 Å². The van der Waals surface area contributed by atoms with E-state index >= 15 is 0 Å². The third-order valence-corrected chi connectivity index (χ3v) is 6.72. The van der Waals surface area contributed by atoms with E-state index in [1.54, 1.807) is 30.3 Å². The second-order valence-electron chi connectivity index (χ2n) is 8.88. The van der Waals surface area contributed by atoms with E-state index in [4.69, 9.17) is 11.6 Å². The highest BCUT2D eigenvalue weighted by Crippen LogP contribution is 2.32. The number of hydrogen-bond acceptors (Lipinski definition) is 3. The minimum atomic E-state index is -1.04. The fourth-order valence-corrected chi connectivity index (χ4v) is 4.50. The number of nitrogens with zero attached hydrogens (tertiary/aromatic N) is 2. The molecule has 0 spiro atoms. The van der Waals surface area contributed by atoms with Crippen LogP contribution in [0.5, 0.6) is 0 Å². The van der Waals surface area contributed by atoms with Crippen LogP contribution in [0.2, 0.25) is 5.02 Å². The van der Waals surface area contributed by atoms with Crippen molar-refractivity contribution in [2.24, 2.45) is 5.92 Å². The summed E-state index contributed by atoms with van der Waals surface area (Å²) in [6.45, 7) is 4.29. The molecule has 34 heavy (non-hydrogen) atoms. The van der Waals surface area contributed by atoms with Crippen molar-refractivity contribution in [2.45, 2.75) is 26.2 Å². The average molecular weight is 477 g/mol. The fourth-order valence-electron chi connectivity index (χ4n) is 4.38. The molecule has 1 N–H and O–H groups in total. The van der Waals surface area contributed by atoms with E-state index in [9.17, 15) is 14.7 Å². The Hall–Kier alpha value is -3.31. The van der Waals surface area contributed by atoms with Crippen molar-refractivity contribution < 1.29 is 14.7 Å². The molecule has 0 radical (unpaired) electrons. The lowest BCUT2D eigenvalue weighted by molar-refractivity contribution is 0.103. The SMILES string of the molecule is CC1CCN(c2ccc(N(CCc3ccccc3)C(=O)O)cc2C(=O)c2ccc(Cl)cc2)CC1. The third kappa shape index (κ3) is 5.60. The van der Waals surface area contributed by atoms with Gasteiger partial charge in [0.15, 0.2) is 5.78 Å². The first-order chi connectivity index (χ1) is 16.4. The van der Waals surface area contributed by atoms with Crippen molar-refractivity contribution in [2.75, 3.05) is 29.4 Å². The summed E-state index contributed by atoms with van der Waals surface area (Å²) in [5.41, 5.74) is 3.45. The molecule has 6 heteroatoms. The molecule has 0 atom stereocenters. The van der Waals surface area contributed by atoms with Crippen molar-refractivity contribution in [1.82, 2.24) is 0 Å². The second-order valence-corrected chi connectivity index (χ2v) is 9.31. The number of carboxylic acid groups (broad SMARTS) is 1. The van der Waals surface area contributed by atoms with Crippen LogP contribution < -0.4 is 9.80 Å². The number of hydrogen-bond donors (Lipinski definition) is 1. The molecular weight excluding hydrogens is 448 g/mol. The first-order valence-corrected chi connectivity index (χ1v) is 12.0. The van der Waals surface area contributed by atoms with Gasteiger partial charge in [0.25, 0.3) is 0 Å². The van der Waals surface area contributed by atoms with Crippen molar-refractivity contribution in [1.29, 1.82) is 0 Å². The van der Waals surface area contributed by atoms with E-state index < -0.39 is 6.09 Å². The van der Waals surface area contributed by atoms with Crippen LogP contribution in [0.3, 0.4) is 0 Å². The number of carbonyl (C=O) groups excluding carboxylic acids is 1. The summed E-state index contributed by atoms with van der Waals surface area (Å²) in [6, 6.07) is 22.0. The summed E-state index contributed by atoms with van der Waals surface area (Å²) in [7, 11) is 0. The molecule has 1 fully saturated rings. The number of halogens is 1. The van der Waals surface area contributed by atoms with Crippen molar-refractivity contribution >= 4 is 34.9 Å². The van der Waals surface area contributed by atoms with Gasteiger partial charge < -0.3 is 10.0 Å². The molecular formula is C28H29ClN2O3. The van der Waals surface area contributed by atoms with Gasteiger partial charge in [0.1, 0.15) is 0 Å². The number of carbonyl (C=O) groups is 2. The predicted molar refractivity (Wildman–Crippen MR) is 137 cm³/mol. The Kier molecular flexibility index (Phi) is 7.53. The van der Waals surface area contributed by atoms with Crippen LogP contribution in [-0.4, -0.2) is 36.6 Å². The standard InChI is InChI=1S/C28H29ClN2O3/c1-20-13-16-30(17-14-20)26-12-11-24(19-25(26)27(32)22-7-9-23(29)10-8-22)31(28(33)34)18-15-21-5-3-2-4-6-21/h2-12,19-20H,13-18H2,1H3,(H,33,34). The molecule has 1 amide bonds. The van der Waals surface area contributed by atoms with Crippen LogP contribution in [-0.2, 0) is 6.42 Å². The quantitative estimate of drug-likeness (QED) is 0.393. The molecule has 0 aliphatic carbocycles. The van der Waals surface area contributed by atoms with Crippen LogP contribution in [0.25, 0.3) is 0 Å². The van der Waals surface area contributed by atoms with E-state index in [0.29, 0.717) is 40.7 Å². The number of ketones is 1. The van der Waals surface area contributed by atoms with Crippen LogP contribution in [0.1, 0.15) is 41.3 Å². The van der Waals surface area contributed by atoms with Crippen molar-refractivity contribution in [3.05, 3.63) is 94.5 Å². The number of piperidine rings is 1. The van der Waals surface area contributed by atoms with Crippen LogP contribution >= 0.6 is 11.6 Å². The Balaban J connectivity index is 1.69. The van der Waals surface area contributed by atoms with E-state index in [-0.39, 0.29) is 5.78 Å². The summed E-state index contributed by atoms with van der Waals surface area (Å²) in [4.78, 5) is 29.3. The molecule has 1 heterocycles. The minimum absolute atomic E-state index is 0.138. The number of anilines is 2. The maximum atomic E-state index is 13.6. The van der Waals surface area contributed by atoms with Crippen LogP contribution in [0, 0.1) is 5.92 Å². The molecule has 0 saturated carbocycles. The van der Waals surface area contributed by atoms with E-state index in [1.165, 1.54) is 4.90 Å². The highest BCUT2D eigenvalue weighted by Gasteiger charge is 2.24. The lowest BCUT2D eigenvalue weighted by Gasteiger charge is -2.34. The van der Waals surface area contributed by atoms with Gasteiger partial charge in [-0.3, -0.25) is 9.69 Å². The summed E-state index contributed by atoms with van der Waals surface area (Å²) in [6.07, 6.45) is 1.67. The molecule has 1 aliphatic heterocycles. The summed E-state index contributed by atoms with van der Waals surface area (Å²) in [5, 5.41) is 10.5. The van der Waals surface area contributed by atoms with Crippen LogP contribution in [0.4, 0.5) is 16.2 Å². The Bertz CT molecular complexity index is 1140. The van der Waals surface area contributed by atoms with Gasteiger partial charge in [0.05, 0.1) is 0 Å². The predicted octanol–water partition coefficient (Wildman–Crippen LogP) is 6.53. The molecule has 3 aromatic carbocycles. The smallest absolute Gasteiger partial charge is 0.411 e.